The lowest BCUT2D eigenvalue weighted by Gasteiger charge is -2.29. The average Bonchev–Trinajstić information content (AvgIpc) is 2.87. The molecule has 1 aliphatic heterocycles. The van der Waals surface area contributed by atoms with Gasteiger partial charge in [0.2, 0.25) is 15.9 Å². The molecule has 1 heterocycles. The van der Waals surface area contributed by atoms with Crippen LogP contribution >= 0.6 is 11.6 Å². The molecule has 2 aromatic rings. The minimum atomic E-state index is -4.09. The van der Waals surface area contributed by atoms with Gasteiger partial charge >= 0.3 is 0 Å². The van der Waals surface area contributed by atoms with Crippen LogP contribution in [0.5, 0.6) is 0 Å². The van der Waals surface area contributed by atoms with Gasteiger partial charge in [-0.3, -0.25) is 4.79 Å². The van der Waals surface area contributed by atoms with Crippen LogP contribution in [0.4, 0.5) is 8.78 Å². The topological polar surface area (TPSA) is 66.5 Å². The molecule has 1 amide bonds. The van der Waals surface area contributed by atoms with Gasteiger partial charge in [0.25, 0.3) is 0 Å². The van der Waals surface area contributed by atoms with Crippen LogP contribution in [0.25, 0.3) is 0 Å². The van der Waals surface area contributed by atoms with Gasteiger partial charge in [0.15, 0.2) is 11.6 Å². The first kappa shape index (κ1) is 20.7. The van der Waals surface area contributed by atoms with Crippen molar-refractivity contribution in [3.8, 4) is 0 Å². The highest BCUT2D eigenvalue weighted by molar-refractivity contribution is 7.89. The summed E-state index contributed by atoms with van der Waals surface area (Å²) in [4.78, 5) is 12.5. The van der Waals surface area contributed by atoms with Crippen molar-refractivity contribution < 1.29 is 22.0 Å². The molecule has 0 aliphatic carbocycles. The maximum absolute atomic E-state index is 13.6. The minimum absolute atomic E-state index is 0.0310. The Morgan fingerprint density at radius 1 is 1.07 bits per heavy atom. The van der Waals surface area contributed by atoms with Crippen molar-refractivity contribution in [2.75, 3.05) is 6.54 Å². The Morgan fingerprint density at radius 2 is 1.79 bits per heavy atom. The number of carbonyl (C=O) groups is 1. The van der Waals surface area contributed by atoms with Crippen LogP contribution in [0.3, 0.4) is 0 Å². The van der Waals surface area contributed by atoms with Crippen LogP contribution < -0.4 is 5.32 Å². The van der Waals surface area contributed by atoms with E-state index in [0.29, 0.717) is 24.4 Å². The van der Waals surface area contributed by atoms with Crippen molar-refractivity contribution in [1.29, 1.82) is 0 Å². The third kappa shape index (κ3) is 4.51. The van der Waals surface area contributed by atoms with Crippen LogP contribution in [0.2, 0.25) is 5.02 Å². The summed E-state index contributed by atoms with van der Waals surface area (Å²) in [6.45, 7) is 0.204. The number of halogens is 3. The fourth-order valence-electron chi connectivity index (χ4n) is 3.12. The predicted octanol–water partition coefficient (Wildman–Crippen LogP) is 3.48. The molecule has 5 nitrogen and oxygen atoms in total. The summed E-state index contributed by atoms with van der Waals surface area (Å²) in [6, 6.07) is 7.82. The molecule has 0 bridgehead atoms. The molecule has 1 fully saturated rings. The van der Waals surface area contributed by atoms with Gasteiger partial charge in [-0.1, -0.05) is 17.7 Å². The predicted molar refractivity (Wildman–Crippen MR) is 101 cm³/mol. The number of amides is 1. The van der Waals surface area contributed by atoms with Crippen molar-refractivity contribution in [3.05, 3.63) is 64.7 Å². The van der Waals surface area contributed by atoms with E-state index in [1.807, 2.05) is 0 Å². The highest BCUT2D eigenvalue weighted by Gasteiger charge is 2.36. The lowest BCUT2D eigenvalue weighted by molar-refractivity contribution is -0.124. The minimum Gasteiger partial charge on any atom is -0.355 e. The fraction of sp³-hybridized carbons (Fsp3) is 0.316. The van der Waals surface area contributed by atoms with Crippen molar-refractivity contribution in [2.24, 2.45) is 0 Å². The van der Waals surface area contributed by atoms with Crippen LogP contribution in [-0.2, 0) is 21.4 Å². The number of sulfonamides is 1. The first-order chi connectivity index (χ1) is 13.3. The number of benzene rings is 2. The van der Waals surface area contributed by atoms with E-state index in [1.54, 1.807) is 0 Å². The monoisotopic (exact) mass is 428 g/mol. The van der Waals surface area contributed by atoms with E-state index in [4.69, 9.17) is 11.6 Å². The van der Waals surface area contributed by atoms with Gasteiger partial charge in [-0.25, -0.2) is 17.2 Å². The van der Waals surface area contributed by atoms with Gasteiger partial charge in [0.1, 0.15) is 6.04 Å². The number of carbonyl (C=O) groups excluding carboxylic acids is 1. The van der Waals surface area contributed by atoms with Crippen molar-refractivity contribution >= 4 is 27.5 Å². The molecular formula is C19H19ClF2N2O3S. The van der Waals surface area contributed by atoms with E-state index in [-0.39, 0.29) is 17.0 Å². The normalized spacial score (nSPS) is 18.0. The van der Waals surface area contributed by atoms with Gasteiger partial charge in [-0.05, 0) is 61.2 Å². The molecule has 1 atom stereocenters. The third-order valence-corrected chi connectivity index (χ3v) is 6.72. The summed E-state index contributed by atoms with van der Waals surface area (Å²) < 4.78 is 54.5. The molecular weight excluding hydrogens is 410 g/mol. The molecule has 0 spiro atoms. The number of rotatable bonds is 5. The summed E-state index contributed by atoms with van der Waals surface area (Å²) in [5.74, 6) is -2.51. The maximum Gasteiger partial charge on any atom is 0.244 e. The fourth-order valence-corrected chi connectivity index (χ4v) is 4.85. The molecule has 2 aromatic carbocycles. The number of hydrogen-bond acceptors (Lipinski definition) is 3. The SMILES string of the molecule is O=C1NCCCC[C@H]1N(Cc1ccc(F)c(F)c1)S(=O)(=O)c1ccc(Cl)cc1. The van der Waals surface area contributed by atoms with E-state index in [2.05, 4.69) is 5.32 Å². The number of nitrogens with zero attached hydrogens (tertiary/aromatic N) is 1. The molecule has 0 saturated carbocycles. The lowest BCUT2D eigenvalue weighted by atomic mass is 10.1. The quantitative estimate of drug-likeness (QED) is 0.792. The summed E-state index contributed by atoms with van der Waals surface area (Å²) in [5, 5.41) is 3.09. The van der Waals surface area contributed by atoms with Crippen molar-refractivity contribution in [3.63, 3.8) is 0 Å². The van der Waals surface area contributed by atoms with Gasteiger partial charge in [0.05, 0.1) is 4.90 Å². The Hall–Kier alpha value is -2.03. The van der Waals surface area contributed by atoms with Crippen LogP contribution in [0, 0.1) is 11.6 Å². The Kier molecular flexibility index (Phi) is 6.32. The maximum atomic E-state index is 13.6. The molecule has 0 radical (unpaired) electrons. The van der Waals surface area contributed by atoms with E-state index in [0.717, 1.165) is 22.9 Å². The zero-order valence-electron chi connectivity index (χ0n) is 14.9. The van der Waals surface area contributed by atoms with Crippen LogP contribution in [0.15, 0.2) is 47.4 Å². The van der Waals surface area contributed by atoms with E-state index >= 15 is 0 Å². The Bertz CT molecular complexity index is 968. The molecule has 1 aliphatic rings. The van der Waals surface area contributed by atoms with Gasteiger partial charge in [0, 0.05) is 18.1 Å². The molecule has 150 valence electrons. The highest BCUT2D eigenvalue weighted by Crippen LogP contribution is 2.26. The zero-order chi connectivity index (χ0) is 20.3. The Balaban J connectivity index is 2.03. The van der Waals surface area contributed by atoms with Crippen molar-refractivity contribution in [2.45, 2.75) is 36.7 Å². The molecule has 1 N–H and O–H groups in total. The van der Waals surface area contributed by atoms with Crippen LogP contribution in [0.1, 0.15) is 24.8 Å². The third-order valence-electron chi connectivity index (χ3n) is 4.60. The smallest absolute Gasteiger partial charge is 0.244 e. The summed E-state index contributed by atoms with van der Waals surface area (Å²) in [5.41, 5.74) is 0.244. The van der Waals surface area contributed by atoms with Gasteiger partial charge in [-0.15, -0.1) is 0 Å². The number of hydrogen-bond donors (Lipinski definition) is 1. The molecule has 28 heavy (non-hydrogen) atoms. The second-order valence-electron chi connectivity index (χ2n) is 6.56. The number of nitrogens with one attached hydrogen (secondary N) is 1. The molecule has 1 saturated heterocycles. The lowest BCUT2D eigenvalue weighted by Crippen LogP contribution is -2.48. The first-order valence-corrected chi connectivity index (χ1v) is 10.6. The second kappa shape index (κ2) is 8.55. The summed E-state index contributed by atoms with van der Waals surface area (Å²) >= 11 is 5.85. The van der Waals surface area contributed by atoms with Crippen LogP contribution in [-0.4, -0.2) is 31.2 Å². The van der Waals surface area contributed by atoms with E-state index in [9.17, 15) is 22.0 Å². The summed E-state index contributed by atoms with van der Waals surface area (Å²) in [6.07, 6.45) is 1.73. The molecule has 0 aromatic heterocycles. The standard InChI is InChI=1S/C19H19ClF2N2O3S/c20-14-5-7-15(8-6-14)28(26,27)24(18-3-1-2-10-23-19(18)25)12-13-4-9-16(21)17(22)11-13/h4-9,11,18H,1-3,10,12H2,(H,23,25)/t18-/m1/s1. The Labute approximate surface area is 167 Å². The molecule has 9 heteroatoms. The molecule has 0 unspecified atom stereocenters. The second-order valence-corrected chi connectivity index (χ2v) is 8.88. The largest absolute Gasteiger partial charge is 0.355 e. The summed E-state index contributed by atoms with van der Waals surface area (Å²) in [7, 11) is -4.09. The Morgan fingerprint density at radius 3 is 2.46 bits per heavy atom. The molecule has 3 rings (SSSR count). The zero-order valence-corrected chi connectivity index (χ0v) is 16.4. The highest BCUT2D eigenvalue weighted by atomic mass is 35.5. The van der Waals surface area contributed by atoms with Crippen molar-refractivity contribution in [1.82, 2.24) is 9.62 Å². The average molecular weight is 429 g/mol. The van der Waals surface area contributed by atoms with E-state index in [1.165, 1.54) is 30.3 Å². The first-order valence-electron chi connectivity index (χ1n) is 8.78. The van der Waals surface area contributed by atoms with Gasteiger partial charge in [-0.2, -0.15) is 4.31 Å². The van der Waals surface area contributed by atoms with Gasteiger partial charge < -0.3 is 5.32 Å². The van der Waals surface area contributed by atoms with E-state index < -0.39 is 33.6 Å².